The summed E-state index contributed by atoms with van der Waals surface area (Å²) < 4.78 is 6.40. The number of hydrogen-bond acceptors (Lipinski definition) is 4. The highest BCUT2D eigenvalue weighted by Gasteiger charge is 2.10. The molecule has 0 aliphatic carbocycles. The van der Waals surface area contributed by atoms with Gasteiger partial charge in [-0.2, -0.15) is 0 Å². The van der Waals surface area contributed by atoms with Crippen molar-refractivity contribution in [2.75, 3.05) is 26.8 Å². The third-order valence-electron chi connectivity index (χ3n) is 2.98. The quantitative estimate of drug-likeness (QED) is 0.629. The van der Waals surface area contributed by atoms with Gasteiger partial charge in [0.05, 0.1) is 17.6 Å². The van der Waals surface area contributed by atoms with Crippen molar-refractivity contribution in [1.82, 2.24) is 14.9 Å². The van der Waals surface area contributed by atoms with E-state index < -0.39 is 0 Å². The number of amides is 1. The zero-order valence-corrected chi connectivity index (χ0v) is 11.3. The van der Waals surface area contributed by atoms with E-state index in [-0.39, 0.29) is 11.6 Å². The molecule has 0 bridgehead atoms. The van der Waals surface area contributed by atoms with Crippen LogP contribution in [0.5, 0.6) is 0 Å². The summed E-state index contributed by atoms with van der Waals surface area (Å²) in [6.07, 6.45) is 0. The molecule has 0 aliphatic rings. The topological polar surface area (TPSA) is 102 Å². The van der Waals surface area contributed by atoms with E-state index in [0.29, 0.717) is 42.8 Å². The highest BCUT2D eigenvalue weighted by Crippen LogP contribution is 2.12. The zero-order valence-electron chi connectivity index (χ0n) is 11.3. The fourth-order valence-corrected chi connectivity index (χ4v) is 2.01. The second kappa shape index (κ2) is 6.36. The van der Waals surface area contributed by atoms with Crippen LogP contribution < -0.4 is 16.7 Å². The molecule has 0 fully saturated rings. The van der Waals surface area contributed by atoms with Crippen LogP contribution in [0.1, 0.15) is 10.4 Å². The van der Waals surface area contributed by atoms with Gasteiger partial charge in [0, 0.05) is 32.3 Å². The van der Waals surface area contributed by atoms with Crippen LogP contribution in [0.3, 0.4) is 0 Å². The molecule has 1 aromatic heterocycles. The van der Waals surface area contributed by atoms with Gasteiger partial charge in [-0.3, -0.25) is 9.36 Å². The number of fused-ring (bicyclic) bond motifs is 1. The lowest BCUT2D eigenvalue weighted by Crippen LogP contribution is -2.27. The van der Waals surface area contributed by atoms with E-state index in [9.17, 15) is 9.59 Å². The van der Waals surface area contributed by atoms with Gasteiger partial charge in [-0.15, -0.1) is 0 Å². The standard InChI is InChI=1S/C13H18N4O3/c1-20-7-5-15-12(18)9-2-3-10-11(8-9)17(6-4-14)13(19)16-10/h2-3,8H,4-7,14H2,1H3,(H,15,18)(H,16,19). The van der Waals surface area contributed by atoms with Gasteiger partial charge in [-0.05, 0) is 18.2 Å². The largest absolute Gasteiger partial charge is 0.383 e. The number of rotatable bonds is 6. The first kappa shape index (κ1) is 14.3. The predicted octanol–water partition coefficient (Wildman–Crippen LogP) is -0.335. The molecular formula is C13H18N4O3. The highest BCUT2D eigenvalue weighted by molar-refractivity contribution is 5.97. The number of nitrogens with zero attached hydrogens (tertiary/aromatic N) is 1. The van der Waals surface area contributed by atoms with E-state index in [4.69, 9.17) is 10.5 Å². The number of H-pyrrole nitrogens is 1. The number of carbonyl (C=O) groups is 1. The third-order valence-corrected chi connectivity index (χ3v) is 2.98. The molecule has 1 amide bonds. The van der Waals surface area contributed by atoms with Gasteiger partial charge in [0.1, 0.15) is 0 Å². The lowest BCUT2D eigenvalue weighted by atomic mass is 10.2. The molecule has 0 spiro atoms. The number of nitrogens with two attached hydrogens (primary N) is 1. The zero-order chi connectivity index (χ0) is 14.5. The Labute approximate surface area is 115 Å². The molecule has 0 saturated carbocycles. The summed E-state index contributed by atoms with van der Waals surface area (Å²) in [5.74, 6) is -0.197. The van der Waals surface area contributed by atoms with Crippen molar-refractivity contribution in [3.8, 4) is 0 Å². The molecule has 108 valence electrons. The van der Waals surface area contributed by atoms with Gasteiger partial charge in [-0.25, -0.2) is 4.79 Å². The average molecular weight is 278 g/mol. The maximum Gasteiger partial charge on any atom is 0.326 e. The SMILES string of the molecule is COCCNC(=O)c1ccc2[nH]c(=O)n(CCN)c2c1. The van der Waals surface area contributed by atoms with E-state index in [2.05, 4.69) is 10.3 Å². The van der Waals surface area contributed by atoms with E-state index in [1.54, 1.807) is 25.3 Å². The number of benzene rings is 1. The lowest BCUT2D eigenvalue weighted by Gasteiger charge is -2.05. The summed E-state index contributed by atoms with van der Waals surface area (Å²) in [5, 5.41) is 2.74. The normalized spacial score (nSPS) is 10.9. The molecule has 0 aliphatic heterocycles. The monoisotopic (exact) mass is 278 g/mol. The summed E-state index contributed by atoms with van der Waals surface area (Å²) in [4.78, 5) is 26.4. The molecule has 0 radical (unpaired) electrons. The lowest BCUT2D eigenvalue weighted by molar-refractivity contribution is 0.0937. The first-order valence-electron chi connectivity index (χ1n) is 6.37. The van der Waals surface area contributed by atoms with Crippen molar-refractivity contribution in [2.24, 2.45) is 5.73 Å². The van der Waals surface area contributed by atoms with Crippen LogP contribution in [0.15, 0.2) is 23.0 Å². The van der Waals surface area contributed by atoms with Crippen molar-refractivity contribution >= 4 is 16.9 Å². The van der Waals surface area contributed by atoms with Gasteiger partial charge in [-0.1, -0.05) is 0 Å². The van der Waals surface area contributed by atoms with Gasteiger partial charge in [0.25, 0.3) is 5.91 Å². The number of nitrogens with one attached hydrogen (secondary N) is 2. The average Bonchev–Trinajstić information content (AvgIpc) is 2.75. The van der Waals surface area contributed by atoms with Gasteiger partial charge in [0.2, 0.25) is 0 Å². The van der Waals surface area contributed by atoms with Crippen molar-refractivity contribution in [1.29, 1.82) is 0 Å². The number of carbonyl (C=O) groups excluding carboxylic acids is 1. The first-order valence-corrected chi connectivity index (χ1v) is 6.37. The van der Waals surface area contributed by atoms with E-state index in [1.165, 1.54) is 4.57 Å². The van der Waals surface area contributed by atoms with E-state index >= 15 is 0 Å². The van der Waals surface area contributed by atoms with Crippen LogP contribution in [0.2, 0.25) is 0 Å². The second-order valence-corrected chi connectivity index (χ2v) is 4.35. The molecule has 7 heteroatoms. The molecule has 1 aromatic carbocycles. The van der Waals surface area contributed by atoms with Gasteiger partial charge >= 0.3 is 5.69 Å². The summed E-state index contributed by atoms with van der Waals surface area (Å²) in [6, 6.07) is 5.08. The molecule has 4 N–H and O–H groups in total. The number of hydrogen-bond donors (Lipinski definition) is 3. The Bertz CT molecular complexity index is 659. The minimum absolute atomic E-state index is 0.197. The van der Waals surface area contributed by atoms with Crippen LogP contribution in [0.25, 0.3) is 11.0 Å². The Morgan fingerprint density at radius 3 is 3.00 bits per heavy atom. The fourth-order valence-electron chi connectivity index (χ4n) is 2.01. The van der Waals surface area contributed by atoms with Crippen LogP contribution in [0, 0.1) is 0 Å². The Balaban J connectivity index is 2.30. The number of ether oxygens (including phenoxy) is 1. The number of imidazole rings is 1. The van der Waals surface area contributed by atoms with Crippen LogP contribution in [0.4, 0.5) is 0 Å². The molecule has 0 atom stereocenters. The molecule has 20 heavy (non-hydrogen) atoms. The van der Waals surface area contributed by atoms with Gasteiger partial charge in [0.15, 0.2) is 0 Å². The van der Waals surface area contributed by atoms with Crippen molar-refractivity contribution in [3.63, 3.8) is 0 Å². The third kappa shape index (κ3) is 2.89. The smallest absolute Gasteiger partial charge is 0.326 e. The maximum absolute atomic E-state index is 12.0. The number of aromatic amines is 1. The van der Waals surface area contributed by atoms with Crippen LogP contribution in [-0.4, -0.2) is 42.3 Å². The van der Waals surface area contributed by atoms with Crippen LogP contribution >= 0.6 is 0 Å². The van der Waals surface area contributed by atoms with Crippen LogP contribution in [-0.2, 0) is 11.3 Å². The summed E-state index contributed by atoms with van der Waals surface area (Å²) in [5.41, 5.74) is 7.14. The maximum atomic E-state index is 12.0. The molecule has 0 unspecified atom stereocenters. The molecule has 1 heterocycles. The molecule has 2 aromatic rings. The first-order chi connectivity index (χ1) is 9.67. The minimum atomic E-state index is -0.220. The minimum Gasteiger partial charge on any atom is -0.383 e. The van der Waals surface area contributed by atoms with E-state index in [0.717, 1.165) is 0 Å². The number of methoxy groups -OCH3 is 1. The summed E-state index contributed by atoms with van der Waals surface area (Å²) in [6.45, 7) is 1.66. The highest BCUT2D eigenvalue weighted by atomic mass is 16.5. The van der Waals surface area contributed by atoms with Crippen molar-refractivity contribution in [3.05, 3.63) is 34.2 Å². The molecular weight excluding hydrogens is 260 g/mol. The Morgan fingerprint density at radius 2 is 2.30 bits per heavy atom. The fraction of sp³-hybridized carbons (Fsp3) is 0.385. The molecule has 0 saturated heterocycles. The Hall–Kier alpha value is -2.12. The molecule has 2 rings (SSSR count). The summed E-state index contributed by atoms with van der Waals surface area (Å²) in [7, 11) is 1.57. The Kier molecular flexibility index (Phi) is 4.54. The predicted molar refractivity (Wildman–Crippen MR) is 75.8 cm³/mol. The van der Waals surface area contributed by atoms with Crippen molar-refractivity contribution in [2.45, 2.75) is 6.54 Å². The van der Waals surface area contributed by atoms with Gasteiger partial charge < -0.3 is 20.8 Å². The molecule has 7 nitrogen and oxygen atoms in total. The number of aromatic nitrogens is 2. The van der Waals surface area contributed by atoms with E-state index in [1.807, 2.05) is 0 Å². The van der Waals surface area contributed by atoms with Crippen molar-refractivity contribution < 1.29 is 9.53 Å². The summed E-state index contributed by atoms with van der Waals surface area (Å²) >= 11 is 0. The second-order valence-electron chi connectivity index (χ2n) is 4.35. The Morgan fingerprint density at radius 1 is 1.50 bits per heavy atom.